The number of nitrogens with one attached hydrogen (secondary N) is 2. The lowest BCUT2D eigenvalue weighted by atomic mass is 10.0. The van der Waals surface area contributed by atoms with Crippen molar-refractivity contribution in [1.82, 2.24) is 10.2 Å². The van der Waals surface area contributed by atoms with Crippen LogP contribution < -0.4 is 21.5 Å². The summed E-state index contributed by atoms with van der Waals surface area (Å²) in [7, 11) is 1.60. The molecule has 11 heteroatoms. The normalized spacial score (nSPS) is 21.9. The molecular weight excluding hydrogens is 473 g/mol. The summed E-state index contributed by atoms with van der Waals surface area (Å²) in [5.41, 5.74) is 5.36. The highest BCUT2D eigenvalue weighted by molar-refractivity contribution is 8.15. The second kappa shape index (κ2) is 8.60. The van der Waals surface area contributed by atoms with Gasteiger partial charge in [-0.2, -0.15) is 18.4 Å². The molecule has 2 aliphatic heterocycles. The first-order valence-corrected chi connectivity index (χ1v) is 11.1. The molecule has 4 rings (SSSR count). The van der Waals surface area contributed by atoms with Gasteiger partial charge in [0.15, 0.2) is 0 Å². The minimum absolute atomic E-state index is 0.0195. The van der Waals surface area contributed by atoms with Crippen LogP contribution in [0.5, 0.6) is 0 Å². The molecule has 5 nitrogen and oxygen atoms in total. The smallest absolute Gasteiger partial charge is 0.398 e. The number of fused-ring (bicyclic) bond motifs is 1. The summed E-state index contributed by atoms with van der Waals surface area (Å²) in [4.78, 5) is 1.51. The van der Waals surface area contributed by atoms with E-state index in [0.29, 0.717) is 24.0 Å². The zero-order valence-corrected chi connectivity index (χ0v) is 19.0. The second-order valence-electron chi connectivity index (χ2n) is 8.14. The van der Waals surface area contributed by atoms with Crippen LogP contribution >= 0.6 is 11.8 Å². The van der Waals surface area contributed by atoms with Gasteiger partial charge in [-0.25, -0.2) is 8.78 Å². The first-order chi connectivity index (χ1) is 16.0. The van der Waals surface area contributed by atoms with Crippen molar-refractivity contribution in [3.8, 4) is 6.07 Å². The Kier molecular flexibility index (Phi) is 6.08. The lowest BCUT2D eigenvalue weighted by Gasteiger charge is -2.28. The maximum absolute atomic E-state index is 14.4. The molecule has 34 heavy (non-hydrogen) atoms. The number of benzene rings is 2. The van der Waals surface area contributed by atoms with Crippen molar-refractivity contribution in [3.05, 3.63) is 56.5 Å². The summed E-state index contributed by atoms with van der Waals surface area (Å²) in [6.45, 7) is 2.08. The predicted octanol–water partition coefficient (Wildman–Crippen LogP) is 2.84. The number of nitrogens with zero attached hydrogens (tertiary/aromatic N) is 2. The van der Waals surface area contributed by atoms with Crippen LogP contribution in [0.4, 0.5) is 27.6 Å². The van der Waals surface area contributed by atoms with Gasteiger partial charge in [0.1, 0.15) is 23.1 Å². The van der Waals surface area contributed by atoms with E-state index in [1.165, 1.54) is 0 Å². The van der Waals surface area contributed by atoms with Crippen molar-refractivity contribution in [2.45, 2.75) is 30.2 Å². The van der Waals surface area contributed by atoms with Crippen LogP contribution in [0.2, 0.25) is 0 Å². The molecule has 1 saturated heterocycles. The Morgan fingerprint density at radius 1 is 1.26 bits per heavy atom. The van der Waals surface area contributed by atoms with E-state index in [1.807, 2.05) is 0 Å². The summed E-state index contributed by atoms with van der Waals surface area (Å²) < 4.78 is 71.3. The van der Waals surface area contributed by atoms with Gasteiger partial charge in [-0.05, 0) is 35.6 Å². The van der Waals surface area contributed by atoms with Crippen molar-refractivity contribution in [2.24, 2.45) is 0 Å². The van der Waals surface area contributed by atoms with Gasteiger partial charge >= 0.3 is 6.18 Å². The molecule has 0 radical (unpaired) electrons. The monoisotopic (exact) mass is 493 g/mol. The van der Waals surface area contributed by atoms with Crippen molar-refractivity contribution in [3.63, 3.8) is 0 Å². The number of hydrogen-bond acceptors (Lipinski definition) is 6. The first kappa shape index (κ1) is 24.0. The third-order valence-electron chi connectivity index (χ3n) is 6.21. The molecule has 0 saturated carbocycles. The minimum Gasteiger partial charge on any atom is -0.398 e. The van der Waals surface area contributed by atoms with E-state index >= 15 is 0 Å². The minimum atomic E-state index is -4.80. The molecule has 2 aromatic rings. The first-order valence-electron chi connectivity index (χ1n) is 10.2. The number of anilines is 1. The number of rotatable bonds is 2. The average Bonchev–Trinajstić information content (AvgIpc) is 3.35. The number of nitriles is 1. The van der Waals surface area contributed by atoms with Crippen LogP contribution in [0.1, 0.15) is 12.5 Å². The maximum atomic E-state index is 14.4. The Balaban J connectivity index is 2.15. The Morgan fingerprint density at radius 2 is 1.97 bits per heavy atom. The van der Waals surface area contributed by atoms with E-state index in [-0.39, 0.29) is 48.6 Å². The fourth-order valence-electron chi connectivity index (χ4n) is 4.34. The second-order valence-corrected chi connectivity index (χ2v) is 9.16. The molecule has 0 aromatic heterocycles. The predicted molar refractivity (Wildman–Crippen MR) is 120 cm³/mol. The lowest BCUT2D eigenvalue weighted by molar-refractivity contribution is -0.138. The van der Waals surface area contributed by atoms with Crippen molar-refractivity contribution < 1.29 is 22.0 Å². The Hall–Kier alpha value is -3.10. The summed E-state index contributed by atoms with van der Waals surface area (Å²) in [6, 6.07) is 5.47. The third-order valence-corrected chi connectivity index (χ3v) is 7.23. The molecule has 2 atom stereocenters. The fraction of sp³-hybridized carbons (Fsp3) is 0.304. The number of thioether (sulfide) groups is 1. The molecule has 0 spiro atoms. The number of hydrogen-bond donors (Lipinski definition) is 3. The van der Waals surface area contributed by atoms with Gasteiger partial charge in [-0.1, -0.05) is 17.8 Å². The van der Waals surface area contributed by atoms with Gasteiger partial charge in [0.25, 0.3) is 0 Å². The molecule has 2 aromatic carbocycles. The van der Waals surface area contributed by atoms with Gasteiger partial charge < -0.3 is 16.0 Å². The van der Waals surface area contributed by atoms with Gasteiger partial charge in [-0.15, -0.1) is 0 Å². The number of nitrogens with two attached hydrogens (primary N) is 1. The van der Waals surface area contributed by atoms with Crippen LogP contribution in [0.25, 0.3) is 11.3 Å². The number of nitrogen functional groups attached to an aromatic ring is 1. The third kappa shape index (κ3) is 3.91. The van der Waals surface area contributed by atoms with Crippen LogP contribution in [0.3, 0.4) is 0 Å². The molecule has 1 fully saturated rings. The van der Waals surface area contributed by atoms with Crippen LogP contribution in [-0.2, 0) is 6.18 Å². The largest absolute Gasteiger partial charge is 0.417 e. The van der Waals surface area contributed by atoms with Gasteiger partial charge in [-0.3, -0.25) is 5.41 Å². The molecule has 2 heterocycles. The maximum Gasteiger partial charge on any atom is 0.417 e. The molecule has 2 aliphatic rings. The number of halogens is 5. The van der Waals surface area contributed by atoms with E-state index in [2.05, 4.69) is 5.32 Å². The van der Waals surface area contributed by atoms with Crippen molar-refractivity contribution >= 4 is 33.8 Å². The SMILES string of the molecule is C/C(=c1/cc(C(F)(F)F)/c(=c2\ccc(F)c3c2=C(C#N)C(=N)S3)cc1N)N(C)[C@H]1CNC[C@H]1F. The Bertz CT molecular complexity index is 1460. The van der Waals surface area contributed by atoms with E-state index in [1.54, 1.807) is 24.9 Å². The van der Waals surface area contributed by atoms with Crippen LogP contribution in [-0.4, -0.2) is 42.3 Å². The molecule has 0 unspecified atom stereocenters. The van der Waals surface area contributed by atoms with Gasteiger partial charge in [0.05, 0.1) is 22.1 Å². The summed E-state index contributed by atoms with van der Waals surface area (Å²) in [5.74, 6) is -0.728. The average molecular weight is 494 g/mol. The molecule has 0 aliphatic carbocycles. The van der Waals surface area contributed by atoms with Crippen molar-refractivity contribution in [2.75, 3.05) is 25.9 Å². The van der Waals surface area contributed by atoms with Crippen LogP contribution in [0, 0.1) is 33.0 Å². The standard InChI is InChI=1S/C23H20F5N5S/c1-10(33(2)19-9-32-8-17(19)25)12-5-15(23(26,27)28)13(6-18(12)30)11-3-4-16(24)21-20(11)14(7-29)22(31)34-21/h3-6,17,19,31-32H,8-9,30H2,1-2H3/b12-10+,13-11+,31-22?/t17-,19+/m1/s1. The highest BCUT2D eigenvalue weighted by atomic mass is 32.2. The molecule has 0 bridgehead atoms. The number of likely N-dealkylation sites (N-methyl/N-ethyl adjacent to an activating group) is 1. The number of alkyl halides is 4. The topological polar surface area (TPSA) is 88.9 Å². The highest BCUT2D eigenvalue weighted by Gasteiger charge is 2.34. The van der Waals surface area contributed by atoms with E-state index < -0.39 is 29.8 Å². The highest BCUT2D eigenvalue weighted by Crippen LogP contribution is 2.32. The van der Waals surface area contributed by atoms with Gasteiger partial charge in [0, 0.05) is 42.0 Å². The molecule has 0 amide bonds. The summed E-state index contributed by atoms with van der Waals surface area (Å²) >= 11 is 0.687. The van der Waals surface area contributed by atoms with Gasteiger partial charge in [0.2, 0.25) is 0 Å². The lowest BCUT2D eigenvalue weighted by Crippen LogP contribution is -2.39. The fourth-order valence-corrected chi connectivity index (χ4v) is 5.27. The van der Waals surface area contributed by atoms with E-state index in [9.17, 15) is 27.2 Å². The Morgan fingerprint density at radius 3 is 2.56 bits per heavy atom. The van der Waals surface area contributed by atoms with Crippen molar-refractivity contribution in [1.29, 1.82) is 10.7 Å². The van der Waals surface area contributed by atoms with Crippen LogP contribution in [0.15, 0.2) is 29.2 Å². The summed E-state index contributed by atoms with van der Waals surface area (Å²) in [6.07, 6.45) is -5.99. The molecular formula is C23H20F5N5S. The Labute approximate surface area is 195 Å². The van der Waals surface area contributed by atoms with E-state index in [4.69, 9.17) is 11.1 Å². The molecule has 178 valence electrons. The summed E-state index contributed by atoms with van der Waals surface area (Å²) in [5, 5.41) is 19.8. The molecule has 4 N–H and O–H groups in total. The quantitative estimate of drug-likeness (QED) is 0.442. The zero-order chi connectivity index (χ0) is 24.9. The zero-order valence-electron chi connectivity index (χ0n) is 18.1. The van der Waals surface area contributed by atoms with E-state index in [0.717, 1.165) is 24.3 Å².